The smallest absolute Gasteiger partial charge is 0.240 e. The maximum atomic E-state index is 12.9. The second-order valence-electron chi connectivity index (χ2n) is 7.68. The Morgan fingerprint density at radius 2 is 1.90 bits per heavy atom. The van der Waals surface area contributed by atoms with Crippen molar-refractivity contribution in [1.29, 1.82) is 0 Å². The average Bonchev–Trinajstić information content (AvgIpc) is 2.70. The van der Waals surface area contributed by atoms with Crippen molar-refractivity contribution in [3.63, 3.8) is 0 Å². The molecule has 1 heterocycles. The van der Waals surface area contributed by atoms with E-state index < -0.39 is 0 Å². The number of nitrogens with one attached hydrogen (secondary N) is 2. The van der Waals surface area contributed by atoms with E-state index >= 15 is 0 Å². The fourth-order valence-corrected chi connectivity index (χ4v) is 3.72. The fourth-order valence-electron chi connectivity index (χ4n) is 3.72. The molecule has 0 bridgehead atoms. The first-order valence-corrected chi connectivity index (χ1v) is 10.1. The summed E-state index contributed by atoms with van der Waals surface area (Å²) in [5.74, 6) is 0.0732. The molecule has 3 rings (SSSR count). The van der Waals surface area contributed by atoms with Crippen LogP contribution < -0.4 is 16.4 Å². The molecule has 0 aliphatic carbocycles. The maximum Gasteiger partial charge on any atom is 0.240 e. The number of piperazine rings is 1. The highest BCUT2D eigenvalue weighted by Crippen LogP contribution is 2.14. The van der Waals surface area contributed by atoms with Gasteiger partial charge in [-0.2, -0.15) is 0 Å². The summed E-state index contributed by atoms with van der Waals surface area (Å²) in [5, 5.41) is 6.14. The van der Waals surface area contributed by atoms with E-state index in [2.05, 4.69) is 16.7 Å². The second-order valence-corrected chi connectivity index (χ2v) is 7.68. The van der Waals surface area contributed by atoms with Crippen molar-refractivity contribution in [2.45, 2.75) is 44.9 Å². The zero-order chi connectivity index (χ0) is 20.6. The standard InChI is InChI=1S/C23H30N4O2/c1-17(28)26-15-20-9-5-8-19(12-20)13-21(24)14-22-23(29)27(11-10-25-22)16-18-6-3-2-4-7-18/h2-9,12,21-22,25H,10-11,13-16,24H2,1H3,(H,26,28)/t21-,22-/m0/s1. The van der Waals surface area contributed by atoms with Crippen LogP contribution >= 0.6 is 0 Å². The predicted molar refractivity (Wildman–Crippen MR) is 114 cm³/mol. The number of hydrogen-bond acceptors (Lipinski definition) is 4. The van der Waals surface area contributed by atoms with Gasteiger partial charge in [0.25, 0.3) is 0 Å². The number of amides is 2. The van der Waals surface area contributed by atoms with E-state index in [4.69, 9.17) is 5.73 Å². The predicted octanol–water partition coefficient (Wildman–Crippen LogP) is 1.58. The molecule has 0 radical (unpaired) electrons. The maximum absolute atomic E-state index is 12.9. The minimum absolute atomic E-state index is 0.0472. The van der Waals surface area contributed by atoms with Gasteiger partial charge in [-0.25, -0.2) is 0 Å². The van der Waals surface area contributed by atoms with Gasteiger partial charge in [0.15, 0.2) is 0 Å². The van der Waals surface area contributed by atoms with E-state index in [1.54, 1.807) is 0 Å². The van der Waals surface area contributed by atoms with Gasteiger partial charge >= 0.3 is 0 Å². The number of nitrogens with two attached hydrogens (primary N) is 1. The van der Waals surface area contributed by atoms with Crippen molar-refractivity contribution >= 4 is 11.8 Å². The molecule has 1 fully saturated rings. The molecule has 2 amide bonds. The lowest BCUT2D eigenvalue weighted by Gasteiger charge is -2.34. The first-order chi connectivity index (χ1) is 14.0. The van der Waals surface area contributed by atoms with E-state index in [1.165, 1.54) is 6.92 Å². The van der Waals surface area contributed by atoms with Gasteiger partial charge in [0, 0.05) is 39.1 Å². The zero-order valence-corrected chi connectivity index (χ0v) is 16.9. The minimum Gasteiger partial charge on any atom is -0.352 e. The summed E-state index contributed by atoms with van der Waals surface area (Å²) in [6.45, 7) is 4.15. The van der Waals surface area contributed by atoms with E-state index in [1.807, 2.05) is 53.4 Å². The number of hydrogen-bond donors (Lipinski definition) is 3. The van der Waals surface area contributed by atoms with Gasteiger partial charge in [-0.15, -0.1) is 0 Å². The van der Waals surface area contributed by atoms with Crippen LogP contribution in [-0.4, -0.2) is 41.9 Å². The van der Waals surface area contributed by atoms with Crippen molar-refractivity contribution in [3.8, 4) is 0 Å². The molecule has 0 saturated carbocycles. The fraction of sp³-hybridized carbons (Fsp3) is 0.391. The second kappa shape index (κ2) is 10.2. The highest BCUT2D eigenvalue weighted by molar-refractivity contribution is 5.82. The lowest BCUT2D eigenvalue weighted by atomic mass is 9.97. The van der Waals surface area contributed by atoms with Crippen LogP contribution in [0.1, 0.15) is 30.0 Å². The largest absolute Gasteiger partial charge is 0.352 e. The Hall–Kier alpha value is -2.70. The van der Waals surface area contributed by atoms with E-state index in [9.17, 15) is 9.59 Å². The van der Waals surface area contributed by atoms with Crippen molar-refractivity contribution in [3.05, 3.63) is 71.3 Å². The summed E-state index contributed by atoms with van der Waals surface area (Å²) in [7, 11) is 0. The van der Waals surface area contributed by atoms with Gasteiger partial charge in [0.1, 0.15) is 0 Å². The Balaban J connectivity index is 1.54. The lowest BCUT2D eigenvalue weighted by Crippen LogP contribution is -2.56. The molecule has 4 N–H and O–H groups in total. The average molecular weight is 395 g/mol. The topological polar surface area (TPSA) is 87.5 Å². The van der Waals surface area contributed by atoms with Crippen LogP contribution in [0.4, 0.5) is 0 Å². The highest BCUT2D eigenvalue weighted by Gasteiger charge is 2.29. The summed E-state index contributed by atoms with van der Waals surface area (Å²) >= 11 is 0. The van der Waals surface area contributed by atoms with Gasteiger partial charge in [0.05, 0.1) is 6.04 Å². The van der Waals surface area contributed by atoms with Crippen LogP contribution in [0.2, 0.25) is 0 Å². The van der Waals surface area contributed by atoms with E-state index in [0.29, 0.717) is 32.5 Å². The van der Waals surface area contributed by atoms with Crippen LogP contribution in [0.25, 0.3) is 0 Å². The molecule has 0 unspecified atom stereocenters. The Morgan fingerprint density at radius 3 is 2.66 bits per heavy atom. The molecule has 6 heteroatoms. The van der Waals surface area contributed by atoms with E-state index in [0.717, 1.165) is 23.2 Å². The molecule has 0 aromatic heterocycles. The zero-order valence-electron chi connectivity index (χ0n) is 16.9. The van der Waals surface area contributed by atoms with Gasteiger partial charge in [-0.3, -0.25) is 9.59 Å². The molecule has 2 atom stereocenters. The molecule has 6 nitrogen and oxygen atoms in total. The lowest BCUT2D eigenvalue weighted by molar-refractivity contribution is -0.136. The molecule has 1 aliphatic heterocycles. The summed E-state index contributed by atoms with van der Waals surface area (Å²) < 4.78 is 0. The molecule has 0 spiro atoms. The van der Waals surface area contributed by atoms with Crippen LogP contribution in [-0.2, 0) is 29.1 Å². The van der Waals surface area contributed by atoms with Gasteiger partial charge in [0.2, 0.25) is 11.8 Å². The molecule has 2 aromatic carbocycles. The van der Waals surface area contributed by atoms with Crippen molar-refractivity contribution < 1.29 is 9.59 Å². The first kappa shape index (κ1) is 21.0. The van der Waals surface area contributed by atoms with Crippen molar-refractivity contribution in [2.24, 2.45) is 5.73 Å². The van der Waals surface area contributed by atoms with Gasteiger partial charge in [-0.1, -0.05) is 54.6 Å². The Morgan fingerprint density at radius 1 is 1.17 bits per heavy atom. The molecule has 154 valence electrons. The molecule has 29 heavy (non-hydrogen) atoms. The molecule has 1 saturated heterocycles. The van der Waals surface area contributed by atoms with Crippen molar-refractivity contribution in [2.75, 3.05) is 13.1 Å². The highest BCUT2D eigenvalue weighted by atomic mass is 16.2. The third-order valence-corrected chi connectivity index (χ3v) is 5.17. The monoisotopic (exact) mass is 394 g/mol. The van der Waals surface area contributed by atoms with E-state index in [-0.39, 0.29) is 23.9 Å². The number of rotatable bonds is 8. The third kappa shape index (κ3) is 6.41. The first-order valence-electron chi connectivity index (χ1n) is 10.1. The Bertz CT molecular complexity index is 825. The summed E-state index contributed by atoms with van der Waals surface area (Å²) in [6, 6.07) is 17.8. The van der Waals surface area contributed by atoms with Gasteiger partial charge < -0.3 is 21.3 Å². The number of nitrogens with zero attached hydrogens (tertiary/aromatic N) is 1. The quantitative estimate of drug-likeness (QED) is 0.634. The van der Waals surface area contributed by atoms with Crippen molar-refractivity contribution in [1.82, 2.24) is 15.5 Å². The molecule has 2 aromatic rings. The normalized spacial score (nSPS) is 17.8. The number of carbonyl (C=O) groups is 2. The van der Waals surface area contributed by atoms with Crippen LogP contribution in [0, 0.1) is 0 Å². The SMILES string of the molecule is CC(=O)NCc1cccc(C[C@H](N)C[C@@H]2NCCN(Cc3ccccc3)C2=O)c1. The number of benzene rings is 2. The summed E-state index contributed by atoms with van der Waals surface area (Å²) in [6.07, 6.45) is 1.29. The van der Waals surface area contributed by atoms with Crippen LogP contribution in [0.5, 0.6) is 0 Å². The van der Waals surface area contributed by atoms with Gasteiger partial charge in [-0.05, 0) is 29.5 Å². The third-order valence-electron chi connectivity index (χ3n) is 5.17. The summed E-state index contributed by atoms with van der Waals surface area (Å²) in [4.78, 5) is 25.9. The molecular formula is C23H30N4O2. The van der Waals surface area contributed by atoms with Crippen LogP contribution in [0.15, 0.2) is 54.6 Å². The Kier molecular flexibility index (Phi) is 7.38. The Labute approximate surface area is 172 Å². The number of carbonyl (C=O) groups excluding carboxylic acids is 2. The summed E-state index contributed by atoms with van der Waals surface area (Å²) in [5.41, 5.74) is 9.69. The molecular weight excluding hydrogens is 364 g/mol. The van der Waals surface area contributed by atoms with Crippen LogP contribution in [0.3, 0.4) is 0 Å². The minimum atomic E-state index is -0.245. The molecule has 1 aliphatic rings.